The first-order valence-electron chi connectivity index (χ1n) is 10.3. The number of hydrogen-bond acceptors (Lipinski definition) is 8. The molecule has 2 atom stereocenters. The number of fused-ring (bicyclic) bond motifs is 1. The molecule has 13 heteroatoms. The van der Waals surface area contributed by atoms with Gasteiger partial charge in [-0.15, -0.1) is 11.8 Å². The number of alkyl carbamates (subject to hydrolysis) is 1. The summed E-state index contributed by atoms with van der Waals surface area (Å²) in [5, 5.41) is 14.2. The first-order chi connectivity index (χ1) is 15.5. The highest BCUT2D eigenvalue weighted by Crippen LogP contribution is 2.41. The Balaban J connectivity index is 1.52. The molecule has 4 aliphatic heterocycles. The summed E-state index contributed by atoms with van der Waals surface area (Å²) in [7, 11) is 0. The molecule has 33 heavy (non-hydrogen) atoms. The van der Waals surface area contributed by atoms with Crippen LogP contribution in [0.4, 0.5) is 9.59 Å². The predicted octanol–water partition coefficient (Wildman–Crippen LogP) is 0.659. The van der Waals surface area contributed by atoms with Crippen LogP contribution in [-0.2, 0) is 23.9 Å². The third-order valence-corrected chi connectivity index (χ3v) is 6.66. The van der Waals surface area contributed by atoms with Gasteiger partial charge in [0, 0.05) is 17.9 Å². The second kappa shape index (κ2) is 8.28. The predicted molar refractivity (Wildman–Crippen MR) is 113 cm³/mol. The second-order valence-corrected chi connectivity index (χ2v) is 9.90. The van der Waals surface area contributed by atoms with Gasteiger partial charge in [-0.3, -0.25) is 14.5 Å². The summed E-state index contributed by atoms with van der Waals surface area (Å²) in [4.78, 5) is 62.5. The monoisotopic (exact) mass is 480 g/mol. The topological polar surface area (TPSA) is 146 Å². The van der Waals surface area contributed by atoms with Crippen molar-refractivity contribution in [3.63, 3.8) is 0 Å². The van der Waals surface area contributed by atoms with Gasteiger partial charge in [0.05, 0.1) is 6.54 Å². The lowest BCUT2D eigenvalue weighted by atomic mass is 10.0. The van der Waals surface area contributed by atoms with Gasteiger partial charge in [0.15, 0.2) is 0 Å². The fourth-order valence-corrected chi connectivity index (χ4v) is 5.27. The van der Waals surface area contributed by atoms with E-state index in [4.69, 9.17) is 9.47 Å². The lowest BCUT2D eigenvalue weighted by Gasteiger charge is -2.49. The number of amides is 4. The summed E-state index contributed by atoms with van der Waals surface area (Å²) >= 11 is 1.28. The minimum Gasteiger partial charge on any atom is -0.477 e. The van der Waals surface area contributed by atoms with Crippen molar-refractivity contribution in [1.82, 2.24) is 20.2 Å². The highest BCUT2D eigenvalue weighted by molar-refractivity contribution is 8.00. The smallest absolute Gasteiger partial charge is 0.429 e. The van der Waals surface area contributed by atoms with Crippen LogP contribution in [0.5, 0.6) is 0 Å². The average molecular weight is 480 g/mol. The molecular weight excluding hydrogens is 456 g/mol. The normalized spacial score (nSPS) is 26.5. The number of carbonyl (C=O) groups excluding carboxylic acids is 4. The number of cyclic esters (lactones) is 1. The van der Waals surface area contributed by atoms with Crippen LogP contribution in [0.15, 0.2) is 22.9 Å². The molecule has 0 saturated carbocycles. The van der Waals surface area contributed by atoms with Crippen molar-refractivity contribution < 1.29 is 38.6 Å². The highest BCUT2D eigenvalue weighted by Gasteiger charge is 2.54. The number of hydrogen-bond donors (Lipinski definition) is 2. The molecule has 4 heterocycles. The number of β-lactam (4-membered cyclic amide) rings is 1. The Bertz CT molecular complexity index is 1000. The van der Waals surface area contributed by atoms with Crippen LogP contribution in [0.2, 0.25) is 0 Å². The van der Waals surface area contributed by atoms with E-state index < -0.39 is 47.0 Å². The van der Waals surface area contributed by atoms with E-state index in [2.05, 4.69) is 5.32 Å². The molecule has 0 bridgehead atoms. The molecule has 0 aromatic rings. The van der Waals surface area contributed by atoms with Gasteiger partial charge in [-0.1, -0.05) is 0 Å². The maximum absolute atomic E-state index is 12.8. The molecule has 2 N–H and O–H groups in total. The van der Waals surface area contributed by atoms with Crippen LogP contribution < -0.4 is 5.32 Å². The van der Waals surface area contributed by atoms with Crippen LogP contribution in [0.1, 0.15) is 27.2 Å². The van der Waals surface area contributed by atoms with Gasteiger partial charge in [-0.2, -0.15) is 0 Å². The molecule has 0 aromatic heterocycles. The third-order valence-electron chi connectivity index (χ3n) is 5.35. The average Bonchev–Trinajstić information content (AvgIpc) is 3.29. The largest absolute Gasteiger partial charge is 0.477 e. The number of aliphatic carboxylic acids is 1. The molecule has 0 spiro atoms. The van der Waals surface area contributed by atoms with E-state index in [1.165, 1.54) is 27.9 Å². The lowest BCUT2D eigenvalue weighted by Crippen LogP contribution is -2.70. The number of rotatable bonds is 4. The summed E-state index contributed by atoms with van der Waals surface area (Å²) in [6.07, 6.45) is 0.454. The van der Waals surface area contributed by atoms with Gasteiger partial charge in [0.1, 0.15) is 29.3 Å². The first kappa shape index (κ1) is 23.0. The molecule has 3 saturated heterocycles. The Kier molecular flexibility index (Phi) is 5.76. The summed E-state index contributed by atoms with van der Waals surface area (Å²) < 4.78 is 10.1. The standard InChI is InChI=1S/C20H24N4O8S/c1-20(2,3)32-18(29)21-12-15(26)24-13(17(27)28)11(9-33-16(12)24)8-10-4-5-22(14(10)25)23-6-7-31-19(23)30/h8,12,16H,4-7,9H2,1-3H3,(H,21,29)(H,27,28)/b10-8+/t12-,16-/m1/s1. The number of carbonyl (C=O) groups is 5. The highest BCUT2D eigenvalue weighted by atomic mass is 32.2. The fraction of sp³-hybridized carbons (Fsp3) is 0.550. The molecule has 4 amide bonds. The molecule has 4 rings (SSSR count). The number of carboxylic acids is 1. The van der Waals surface area contributed by atoms with Gasteiger partial charge >= 0.3 is 18.2 Å². The van der Waals surface area contributed by atoms with E-state index in [-0.39, 0.29) is 31.1 Å². The minimum atomic E-state index is -1.30. The SMILES string of the molecule is CC(C)(C)OC(=O)N[C@@H]1C(=O)N2C(C(=O)O)=C(/C=C3\CCN(N4CCOC4=O)C3=O)CS[C@H]12. The Morgan fingerprint density at radius 2 is 1.94 bits per heavy atom. The van der Waals surface area contributed by atoms with E-state index >= 15 is 0 Å². The summed E-state index contributed by atoms with van der Waals surface area (Å²) in [5.74, 6) is -2.05. The zero-order valence-corrected chi connectivity index (χ0v) is 19.1. The molecule has 0 aliphatic carbocycles. The maximum Gasteiger partial charge on any atom is 0.429 e. The molecule has 0 radical (unpaired) electrons. The fourth-order valence-electron chi connectivity index (χ4n) is 3.97. The molecule has 0 aromatic carbocycles. The molecule has 12 nitrogen and oxygen atoms in total. The van der Waals surface area contributed by atoms with Crippen molar-refractivity contribution >= 4 is 41.7 Å². The zero-order valence-electron chi connectivity index (χ0n) is 18.3. The molecule has 0 unspecified atom stereocenters. The van der Waals surface area contributed by atoms with Crippen LogP contribution in [0, 0.1) is 0 Å². The summed E-state index contributed by atoms with van der Waals surface area (Å²) in [5.41, 5.74) is -0.291. The van der Waals surface area contributed by atoms with Crippen molar-refractivity contribution in [1.29, 1.82) is 0 Å². The quantitative estimate of drug-likeness (QED) is 0.438. The molecule has 3 fully saturated rings. The Labute approximate surface area is 193 Å². The van der Waals surface area contributed by atoms with Crippen molar-refractivity contribution in [2.24, 2.45) is 0 Å². The van der Waals surface area contributed by atoms with E-state index in [1.807, 2.05) is 0 Å². The van der Waals surface area contributed by atoms with Gasteiger partial charge in [-0.25, -0.2) is 24.4 Å². The van der Waals surface area contributed by atoms with E-state index in [0.29, 0.717) is 17.6 Å². The second-order valence-electron chi connectivity index (χ2n) is 8.80. The van der Waals surface area contributed by atoms with Crippen LogP contribution >= 0.6 is 11.8 Å². The Morgan fingerprint density at radius 3 is 2.55 bits per heavy atom. The summed E-state index contributed by atoms with van der Waals surface area (Å²) in [6, 6.07) is -0.904. The van der Waals surface area contributed by atoms with Crippen LogP contribution in [0.25, 0.3) is 0 Å². The van der Waals surface area contributed by atoms with E-state index in [0.717, 1.165) is 4.90 Å². The number of hydrazine groups is 1. The van der Waals surface area contributed by atoms with Gasteiger partial charge < -0.3 is 19.9 Å². The molecule has 178 valence electrons. The minimum absolute atomic E-state index is 0.198. The number of ether oxygens (including phenoxy) is 2. The molecule has 4 aliphatic rings. The molecular formula is C20H24N4O8S. The van der Waals surface area contributed by atoms with Crippen molar-refractivity contribution in [3.8, 4) is 0 Å². The Morgan fingerprint density at radius 1 is 1.21 bits per heavy atom. The van der Waals surface area contributed by atoms with Crippen molar-refractivity contribution in [3.05, 3.63) is 22.9 Å². The Hall–Kier alpha value is -3.22. The number of carboxylic acid groups (broad SMARTS) is 1. The third kappa shape index (κ3) is 4.24. The lowest BCUT2D eigenvalue weighted by molar-refractivity contribution is -0.149. The van der Waals surface area contributed by atoms with E-state index in [1.54, 1.807) is 20.8 Å². The van der Waals surface area contributed by atoms with E-state index in [9.17, 15) is 29.1 Å². The van der Waals surface area contributed by atoms with Crippen LogP contribution in [-0.4, -0.2) is 92.5 Å². The van der Waals surface area contributed by atoms with Crippen molar-refractivity contribution in [2.45, 2.75) is 44.2 Å². The van der Waals surface area contributed by atoms with Crippen LogP contribution in [0.3, 0.4) is 0 Å². The van der Waals surface area contributed by atoms with Crippen molar-refractivity contribution in [2.75, 3.05) is 25.4 Å². The van der Waals surface area contributed by atoms with Gasteiger partial charge in [0.25, 0.3) is 11.8 Å². The van der Waals surface area contributed by atoms with Gasteiger partial charge in [-0.05, 0) is 38.8 Å². The first-order valence-corrected chi connectivity index (χ1v) is 11.4. The number of allylic oxidation sites excluding steroid dienone is 1. The maximum atomic E-state index is 12.8. The zero-order chi connectivity index (χ0) is 24.1. The summed E-state index contributed by atoms with van der Waals surface area (Å²) in [6.45, 7) is 5.83. The number of thioether (sulfide) groups is 1. The van der Waals surface area contributed by atoms with Gasteiger partial charge in [0.2, 0.25) is 0 Å². The number of nitrogens with one attached hydrogen (secondary N) is 1. The number of nitrogens with zero attached hydrogens (tertiary/aromatic N) is 3.